The van der Waals surface area contributed by atoms with E-state index in [1.54, 1.807) is 24.3 Å². The highest BCUT2D eigenvalue weighted by Gasteiger charge is 2.34. The number of alkyl halides is 3. The van der Waals surface area contributed by atoms with Crippen molar-refractivity contribution in [2.24, 2.45) is 5.92 Å². The molecule has 1 aromatic carbocycles. The normalized spacial score (nSPS) is 19.9. The van der Waals surface area contributed by atoms with Crippen LogP contribution in [0.4, 0.5) is 13.2 Å². The molecule has 0 spiro atoms. The maximum atomic E-state index is 12.9. The zero-order valence-electron chi connectivity index (χ0n) is 15.6. The molecule has 3 rings (SSSR count). The molecule has 1 fully saturated rings. The molecule has 1 amide bonds. The number of aromatic nitrogens is 2. The zero-order chi connectivity index (χ0) is 21.0. The number of carbonyl (C=O) groups is 1. The van der Waals surface area contributed by atoms with E-state index in [9.17, 15) is 22.2 Å². The number of benzene rings is 1. The SMILES string of the molecule is O=C(c1cc(C(F)(F)F)[nH]n1)N(CCC1CCS(=[OH+])CC1)Cc1ccccc1Cl. The predicted molar refractivity (Wildman–Crippen MR) is 106 cm³/mol. The van der Waals surface area contributed by atoms with Crippen LogP contribution in [0.1, 0.15) is 41.0 Å². The fraction of sp³-hybridized carbons (Fsp3) is 0.474. The molecule has 158 valence electrons. The number of halogens is 4. The molecule has 1 saturated heterocycles. The Morgan fingerprint density at radius 1 is 1.31 bits per heavy atom. The molecule has 2 N–H and O–H groups in total. The minimum absolute atomic E-state index is 0.184. The quantitative estimate of drug-likeness (QED) is 0.664. The van der Waals surface area contributed by atoms with Gasteiger partial charge in [0.25, 0.3) is 5.91 Å². The van der Waals surface area contributed by atoms with Crippen LogP contribution in [0.5, 0.6) is 0 Å². The highest BCUT2D eigenvalue weighted by molar-refractivity contribution is 7.85. The van der Waals surface area contributed by atoms with Crippen molar-refractivity contribution in [1.29, 1.82) is 0 Å². The highest BCUT2D eigenvalue weighted by atomic mass is 35.5. The molecule has 0 unspecified atom stereocenters. The molecule has 0 atom stereocenters. The molecule has 0 bridgehead atoms. The van der Waals surface area contributed by atoms with E-state index < -0.39 is 28.6 Å². The van der Waals surface area contributed by atoms with E-state index >= 15 is 0 Å². The van der Waals surface area contributed by atoms with Crippen LogP contribution in [0, 0.1) is 5.92 Å². The van der Waals surface area contributed by atoms with Crippen molar-refractivity contribution >= 4 is 28.3 Å². The topological polar surface area (TPSA) is 70.4 Å². The van der Waals surface area contributed by atoms with Gasteiger partial charge in [0.1, 0.15) is 5.69 Å². The molecule has 0 aliphatic carbocycles. The fourth-order valence-electron chi connectivity index (χ4n) is 3.30. The number of amides is 1. The van der Waals surface area contributed by atoms with Crippen molar-refractivity contribution in [3.63, 3.8) is 0 Å². The zero-order valence-corrected chi connectivity index (χ0v) is 17.2. The van der Waals surface area contributed by atoms with Gasteiger partial charge < -0.3 is 4.90 Å². The van der Waals surface area contributed by atoms with Crippen molar-refractivity contribution in [1.82, 2.24) is 15.1 Å². The van der Waals surface area contributed by atoms with Crippen molar-refractivity contribution in [3.05, 3.63) is 52.3 Å². The standard InChI is InChI=1S/C19H21ClF3N3O2S/c20-15-4-2-1-3-14(15)12-26(8-5-13-6-9-29(28)10-7-13)18(27)16-11-17(25-24-16)19(21,22)23/h1-4,11,13H,5-10,12H2,(H,24,25)/p+1. The number of hydrogen-bond donors (Lipinski definition) is 1. The molecule has 1 aliphatic rings. The lowest BCUT2D eigenvalue weighted by atomic mass is 9.98. The van der Waals surface area contributed by atoms with E-state index in [0.717, 1.165) is 36.0 Å². The minimum atomic E-state index is -4.59. The Labute approximate surface area is 174 Å². The van der Waals surface area contributed by atoms with Crippen LogP contribution in [0.3, 0.4) is 0 Å². The minimum Gasteiger partial charge on any atom is -0.333 e. The average molecular weight is 449 g/mol. The van der Waals surface area contributed by atoms with Crippen molar-refractivity contribution in [2.75, 3.05) is 18.1 Å². The average Bonchev–Trinajstić information content (AvgIpc) is 3.18. The van der Waals surface area contributed by atoms with E-state index in [1.165, 1.54) is 4.90 Å². The third-order valence-corrected chi connectivity index (χ3v) is 6.82. The van der Waals surface area contributed by atoms with E-state index in [4.69, 9.17) is 11.6 Å². The predicted octanol–water partition coefficient (Wildman–Crippen LogP) is 4.43. The summed E-state index contributed by atoms with van der Waals surface area (Å²) in [6.07, 6.45) is -2.12. The first-order chi connectivity index (χ1) is 13.7. The summed E-state index contributed by atoms with van der Waals surface area (Å²) in [6.45, 7) is 0.561. The van der Waals surface area contributed by atoms with Crippen LogP contribution >= 0.6 is 11.6 Å². The third-order valence-electron chi connectivity index (χ3n) is 5.04. The summed E-state index contributed by atoms with van der Waals surface area (Å²) in [5, 5.41) is 5.95. The molecule has 0 saturated carbocycles. The van der Waals surface area contributed by atoms with E-state index in [2.05, 4.69) is 5.10 Å². The van der Waals surface area contributed by atoms with Gasteiger partial charge >= 0.3 is 6.18 Å². The van der Waals surface area contributed by atoms with Crippen LogP contribution in [0.15, 0.2) is 30.3 Å². The summed E-state index contributed by atoms with van der Waals surface area (Å²) in [5.41, 5.74) is -0.611. The second-order valence-corrected chi connectivity index (χ2v) is 9.23. The van der Waals surface area contributed by atoms with Crippen LogP contribution in [-0.2, 0) is 23.5 Å². The number of carbonyl (C=O) groups excluding carboxylic acids is 1. The van der Waals surface area contributed by atoms with Gasteiger partial charge in [-0.1, -0.05) is 29.8 Å². The van der Waals surface area contributed by atoms with E-state index in [0.29, 0.717) is 23.9 Å². The molecule has 0 radical (unpaired) electrons. The number of nitrogens with one attached hydrogen (secondary N) is 1. The first kappa shape index (κ1) is 21.8. The number of rotatable bonds is 6. The molecule has 2 heterocycles. The van der Waals surface area contributed by atoms with Gasteiger partial charge in [0, 0.05) is 24.2 Å². The van der Waals surface area contributed by atoms with Gasteiger partial charge in [0.2, 0.25) is 0 Å². The monoisotopic (exact) mass is 448 g/mol. The molecule has 5 nitrogen and oxygen atoms in total. The Morgan fingerprint density at radius 3 is 2.62 bits per heavy atom. The van der Waals surface area contributed by atoms with Gasteiger partial charge in [-0.15, -0.1) is 0 Å². The van der Waals surface area contributed by atoms with Crippen molar-refractivity contribution in [2.45, 2.75) is 32.0 Å². The van der Waals surface area contributed by atoms with Crippen LogP contribution in [-0.4, -0.2) is 43.3 Å². The molecule has 29 heavy (non-hydrogen) atoms. The molecule has 2 aromatic rings. The Morgan fingerprint density at radius 2 is 2.00 bits per heavy atom. The smallest absolute Gasteiger partial charge is 0.333 e. The van der Waals surface area contributed by atoms with Gasteiger partial charge in [-0.25, -0.2) is 0 Å². The van der Waals surface area contributed by atoms with E-state index in [-0.39, 0.29) is 12.2 Å². The fourth-order valence-corrected chi connectivity index (χ4v) is 4.91. The number of H-pyrrole nitrogens is 1. The first-order valence-electron chi connectivity index (χ1n) is 9.26. The Kier molecular flexibility index (Phi) is 7.00. The summed E-state index contributed by atoms with van der Waals surface area (Å²) < 4.78 is 48.2. The van der Waals surface area contributed by atoms with Gasteiger partial charge in [0.15, 0.2) is 16.5 Å². The summed E-state index contributed by atoms with van der Waals surface area (Å²) >= 11 is 6.21. The molecule has 10 heteroatoms. The third kappa shape index (κ3) is 5.82. The molecule has 1 aliphatic heterocycles. The van der Waals surface area contributed by atoms with E-state index in [1.807, 2.05) is 5.10 Å². The first-order valence-corrected chi connectivity index (χ1v) is 11.2. The number of aromatic amines is 1. The summed E-state index contributed by atoms with van der Waals surface area (Å²) in [5.74, 6) is 1.32. The lowest BCUT2D eigenvalue weighted by Crippen LogP contribution is -2.33. The van der Waals surface area contributed by atoms with Gasteiger partial charge in [0.05, 0.1) is 11.5 Å². The van der Waals surface area contributed by atoms with Crippen LogP contribution in [0.25, 0.3) is 0 Å². The Hall–Kier alpha value is -1.87. The van der Waals surface area contributed by atoms with Crippen LogP contribution in [0.2, 0.25) is 5.02 Å². The highest BCUT2D eigenvalue weighted by Crippen LogP contribution is 2.28. The molecular weight excluding hydrogens is 427 g/mol. The lowest BCUT2D eigenvalue weighted by molar-refractivity contribution is -0.141. The van der Waals surface area contributed by atoms with Crippen molar-refractivity contribution in [3.8, 4) is 0 Å². The molecule has 1 aromatic heterocycles. The Bertz CT molecular complexity index is 878. The largest absolute Gasteiger partial charge is 0.432 e. The van der Waals surface area contributed by atoms with Crippen LogP contribution < -0.4 is 0 Å². The summed E-state index contributed by atoms with van der Waals surface area (Å²) in [7, 11) is -0.523. The number of hydrogen-bond acceptors (Lipinski definition) is 2. The van der Waals surface area contributed by atoms with Gasteiger partial charge in [-0.05, 0) is 36.8 Å². The second-order valence-electron chi connectivity index (χ2n) is 7.09. The maximum absolute atomic E-state index is 12.9. The summed E-state index contributed by atoms with van der Waals surface area (Å²) in [4.78, 5) is 14.4. The number of nitrogens with zero attached hydrogens (tertiary/aromatic N) is 2. The second kappa shape index (κ2) is 9.30. The van der Waals surface area contributed by atoms with Crippen molar-refractivity contribution < 1.29 is 22.2 Å². The van der Waals surface area contributed by atoms with Gasteiger partial charge in [-0.3, -0.25) is 14.1 Å². The lowest BCUT2D eigenvalue weighted by Gasteiger charge is -2.26. The summed E-state index contributed by atoms with van der Waals surface area (Å²) in [6, 6.07) is 7.80. The Balaban J connectivity index is 1.76. The molecular formula is C19H22ClF3N3O2S+. The maximum Gasteiger partial charge on any atom is 0.432 e. The van der Waals surface area contributed by atoms with Gasteiger partial charge in [-0.2, -0.15) is 18.3 Å².